The molecule has 4 heteroatoms. The van der Waals surface area contributed by atoms with Crippen LogP contribution in [0.3, 0.4) is 0 Å². The molecule has 1 aromatic rings. The number of hydrogen-bond acceptors (Lipinski definition) is 2. The first-order chi connectivity index (χ1) is 9.65. The molecule has 0 fully saturated rings. The third kappa shape index (κ3) is 6.22. The maximum absolute atomic E-state index is 10.5. The van der Waals surface area contributed by atoms with E-state index in [9.17, 15) is 9.90 Å². The summed E-state index contributed by atoms with van der Waals surface area (Å²) in [6.07, 6.45) is 13.7. The Bertz CT molecular complexity index is 399. The van der Waals surface area contributed by atoms with E-state index in [2.05, 4.69) is 23.1 Å². The smallest absolute Gasteiger partial charge is 0.256 e. The topological polar surface area (TPSA) is 48.9 Å². The first kappa shape index (κ1) is 16.7. The van der Waals surface area contributed by atoms with Crippen molar-refractivity contribution >= 4 is 5.97 Å². The fourth-order valence-electron chi connectivity index (χ4n) is 2.54. The monoisotopic (exact) mass is 280 g/mol. The standard InChI is InChI=1S/C16H28N2O2/c1-3-4-5-6-7-8-10-15-17(2)13-14-18(15)12-9-11-16(19)20/h13-14H,3-12H2,1-2H3. The molecule has 0 unspecified atom stereocenters. The number of rotatable bonds is 11. The predicted molar refractivity (Wildman–Crippen MR) is 76.9 cm³/mol. The Hall–Kier alpha value is -1.32. The summed E-state index contributed by atoms with van der Waals surface area (Å²) in [5.41, 5.74) is 0. The van der Waals surface area contributed by atoms with Crippen LogP contribution in [0.4, 0.5) is 0 Å². The summed E-state index contributed by atoms with van der Waals surface area (Å²) in [6, 6.07) is 0. The number of aromatic nitrogens is 2. The van der Waals surface area contributed by atoms with Crippen LogP contribution < -0.4 is 9.67 Å². The predicted octanol–water partition coefficient (Wildman–Crippen LogP) is 1.75. The molecule has 0 aliphatic heterocycles. The van der Waals surface area contributed by atoms with Crippen molar-refractivity contribution in [2.45, 2.75) is 71.3 Å². The normalized spacial score (nSPS) is 10.9. The molecule has 0 spiro atoms. The number of aryl methyl sites for hydroxylation is 2. The average molecular weight is 280 g/mol. The number of carbonyl (C=O) groups excluding carboxylic acids is 1. The molecule has 0 bridgehead atoms. The molecule has 0 saturated carbocycles. The van der Waals surface area contributed by atoms with Gasteiger partial charge < -0.3 is 9.90 Å². The summed E-state index contributed by atoms with van der Waals surface area (Å²) in [6.45, 7) is 3.00. The first-order valence-corrected chi connectivity index (χ1v) is 7.88. The molecule has 20 heavy (non-hydrogen) atoms. The second kappa shape index (κ2) is 9.56. The van der Waals surface area contributed by atoms with Crippen molar-refractivity contribution in [3.63, 3.8) is 0 Å². The zero-order chi connectivity index (χ0) is 14.8. The Morgan fingerprint density at radius 2 is 1.90 bits per heavy atom. The van der Waals surface area contributed by atoms with Crippen molar-refractivity contribution in [1.82, 2.24) is 4.57 Å². The second-order valence-corrected chi connectivity index (χ2v) is 5.51. The highest BCUT2D eigenvalue weighted by molar-refractivity contribution is 5.64. The van der Waals surface area contributed by atoms with Gasteiger partial charge in [0.15, 0.2) is 0 Å². The van der Waals surface area contributed by atoms with Gasteiger partial charge in [-0.1, -0.05) is 39.0 Å². The molecule has 0 atom stereocenters. The number of carbonyl (C=O) groups is 1. The van der Waals surface area contributed by atoms with Crippen LogP contribution in [0.5, 0.6) is 0 Å². The third-order valence-corrected chi connectivity index (χ3v) is 3.74. The van der Waals surface area contributed by atoms with E-state index in [1.165, 1.54) is 44.3 Å². The van der Waals surface area contributed by atoms with E-state index >= 15 is 0 Å². The van der Waals surface area contributed by atoms with Gasteiger partial charge in [0.1, 0.15) is 12.4 Å². The summed E-state index contributed by atoms with van der Waals surface area (Å²) in [5.74, 6) is 0.331. The van der Waals surface area contributed by atoms with Crippen molar-refractivity contribution in [2.75, 3.05) is 0 Å². The quantitative estimate of drug-likeness (QED) is 0.458. The largest absolute Gasteiger partial charge is 0.550 e. The summed E-state index contributed by atoms with van der Waals surface area (Å²) >= 11 is 0. The van der Waals surface area contributed by atoms with Gasteiger partial charge in [-0.2, -0.15) is 0 Å². The van der Waals surface area contributed by atoms with Crippen LogP contribution in [0.2, 0.25) is 0 Å². The Balaban J connectivity index is 2.32. The Morgan fingerprint density at radius 3 is 2.60 bits per heavy atom. The Labute approximate surface area is 122 Å². The number of carboxylic acids is 1. The Kier molecular flexibility index (Phi) is 8.00. The maximum atomic E-state index is 10.5. The number of aliphatic carboxylic acids is 1. The molecule has 0 aliphatic carbocycles. The minimum Gasteiger partial charge on any atom is -0.550 e. The molecule has 0 aliphatic rings. The second-order valence-electron chi connectivity index (χ2n) is 5.51. The van der Waals surface area contributed by atoms with E-state index in [0.717, 1.165) is 13.0 Å². The van der Waals surface area contributed by atoms with Gasteiger partial charge in [-0.15, -0.1) is 0 Å². The van der Waals surface area contributed by atoms with Gasteiger partial charge in [0.05, 0.1) is 13.6 Å². The van der Waals surface area contributed by atoms with Crippen molar-refractivity contribution < 1.29 is 14.5 Å². The zero-order valence-electron chi connectivity index (χ0n) is 12.9. The molecule has 1 heterocycles. The van der Waals surface area contributed by atoms with Crippen LogP contribution in [-0.4, -0.2) is 10.5 Å². The van der Waals surface area contributed by atoms with Crippen LogP contribution in [0.15, 0.2) is 12.4 Å². The summed E-state index contributed by atoms with van der Waals surface area (Å²) in [7, 11) is 2.06. The highest BCUT2D eigenvalue weighted by Crippen LogP contribution is 2.09. The van der Waals surface area contributed by atoms with E-state index in [1.54, 1.807) is 0 Å². The SMILES string of the molecule is CCCCCCCCc1n(CCCC(=O)[O-])cc[n+]1C. The fraction of sp³-hybridized carbons (Fsp3) is 0.750. The molecule has 1 aromatic heterocycles. The highest BCUT2D eigenvalue weighted by atomic mass is 16.4. The lowest BCUT2D eigenvalue weighted by atomic mass is 10.1. The molecule has 0 aromatic carbocycles. The Morgan fingerprint density at radius 1 is 1.20 bits per heavy atom. The molecule has 0 radical (unpaired) electrons. The van der Waals surface area contributed by atoms with E-state index in [1.807, 2.05) is 12.4 Å². The molecule has 4 nitrogen and oxygen atoms in total. The minimum atomic E-state index is -0.959. The van der Waals surface area contributed by atoms with Gasteiger partial charge in [-0.05, 0) is 19.3 Å². The number of unbranched alkanes of at least 4 members (excludes halogenated alkanes) is 5. The van der Waals surface area contributed by atoms with Gasteiger partial charge in [-0.25, -0.2) is 9.13 Å². The summed E-state index contributed by atoms with van der Waals surface area (Å²) in [4.78, 5) is 10.5. The van der Waals surface area contributed by atoms with Gasteiger partial charge in [0.2, 0.25) is 0 Å². The van der Waals surface area contributed by atoms with Crippen molar-refractivity contribution in [3.05, 3.63) is 18.2 Å². The fourth-order valence-corrected chi connectivity index (χ4v) is 2.54. The molecular formula is C16H28N2O2. The average Bonchev–Trinajstić information content (AvgIpc) is 2.75. The third-order valence-electron chi connectivity index (χ3n) is 3.74. The number of imidazole rings is 1. The van der Waals surface area contributed by atoms with Crippen LogP contribution in [0.25, 0.3) is 0 Å². The van der Waals surface area contributed by atoms with Crippen molar-refractivity contribution in [2.24, 2.45) is 7.05 Å². The van der Waals surface area contributed by atoms with Gasteiger partial charge in [0.25, 0.3) is 5.82 Å². The molecule has 0 N–H and O–H groups in total. The van der Waals surface area contributed by atoms with Crippen LogP contribution >= 0.6 is 0 Å². The van der Waals surface area contributed by atoms with Crippen molar-refractivity contribution in [3.8, 4) is 0 Å². The van der Waals surface area contributed by atoms with E-state index in [4.69, 9.17) is 0 Å². The van der Waals surface area contributed by atoms with Crippen LogP contribution in [0, 0.1) is 0 Å². The summed E-state index contributed by atoms with van der Waals surface area (Å²) < 4.78 is 4.32. The molecule has 114 valence electrons. The lowest BCUT2D eigenvalue weighted by Crippen LogP contribution is -2.32. The van der Waals surface area contributed by atoms with E-state index < -0.39 is 5.97 Å². The van der Waals surface area contributed by atoms with Crippen LogP contribution in [0.1, 0.15) is 64.1 Å². The number of nitrogens with zero attached hydrogens (tertiary/aromatic N) is 2. The van der Waals surface area contributed by atoms with Crippen molar-refractivity contribution in [1.29, 1.82) is 0 Å². The number of hydrogen-bond donors (Lipinski definition) is 0. The molecule has 0 saturated heterocycles. The van der Waals surface area contributed by atoms with Crippen LogP contribution in [-0.2, 0) is 24.8 Å². The zero-order valence-corrected chi connectivity index (χ0v) is 12.9. The van der Waals surface area contributed by atoms with E-state index in [-0.39, 0.29) is 6.42 Å². The minimum absolute atomic E-state index is 0.137. The summed E-state index contributed by atoms with van der Waals surface area (Å²) in [5, 5.41) is 10.5. The van der Waals surface area contributed by atoms with E-state index in [0.29, 0.717) is 6.42 Å². The molecule has 0 amide bonds. The van der Waals surface area contributed by atoms with Gasteiger partial charge >= 0.3 is 0 Å². The lowest BCUT2D eigenvalue weighted by Gasteiger charge is -2.04. The number of carboxylic acid groups (broad SMARTS) is 1. The first-order valence-electron chi connectivity index (χ1n) is 7.88. The molecule has 1 rings (SSSR count). The van der Waals surface area contributed by atoms with Gasteiger partial charge in [0, 0.05) is 12.4 Å². The van der Waals surface area contributed by atoms with Gasteiger partial charge in [-0.3, -0.25) is 0 Å². The highest BCUT2D eigenvalue weighted by Gasteiger charge is 2.13. The molecular weight excluding hydrogens is 252 g/mol. The lowest BCUT2D eigenvalue weighted by molar-refractivity contribution is -0.678. The maximum Gasteiger partial charge on any atom is 0.256 e.